The van der Waals surface area contributed by atoms with Crippen LogP contribution < -0.4 is 15.6 Å². The first kappa shape index (κ1) is 20.5. The lowest BCUT2D eigenvalue weighted by Crippen LogP contribution is -2.23. The summed E-state index contributed by atoms with van der Waals surface area (Å²) in [5.74, 6) is -1.03. The summed E-state index contributed by atoms with van der Waals surface area (Å²) in [7, 11) is -2.06. The van der Waals surface area contributed by atoms with Crippen molar-refractivity contribution in [3.05, 3.63) is 87.6 Å². The van der Waals surface area contributed by atoms with Crippen molar-refractivity contribution >= 4 is 15.9 Å². The van der Waals surface area contributed by atoms with Crippen LogP contribution >= 0.6 is 0 Å². The molecule has 1 heterocycles. The number of aromatic nitrogens is 2. The summed E-state index contributed by atoms with van der Waals surface area (Å²) in [6, 6.07) is 13.2. The highest BCUT2D eigenvalue weighted by Gasteiger charge is 2.13. The maximum atomic E-state index is 12.9. The number of H-pyrrole nitrogens is 1. The van der Waals surface area contributed by atoms with Gasteiger partial charge in [-0.1, -0.05) is 24.3 Å². The Kier molecular flexibility index (Phi) is 5.95. The van der Waals surface area contributed by atoms with Crippen LogP contribution in [0.1, 0.15) is 21.6 Å². The largest absolute Gasteiger partial charge is 0.347 e. The molecule has 10 heteroatoms. The molecule has 0 fully saturated rings. The van der Waals surface area contributed by atoms with Gasteiger partial charge in [0, 0.05) is 12.6 Å². The van der Waals surface area contributed by atoms with Gasteiger partial charge in [0.25, 0.3) is 11.5 Å². The minimum atomic E-state index is -3.40. The molecule has 0 aliphatic carbocycles. The maximum Gasteiger partial charge on any atom is 0.271 e. The van der Waals surface area contributed by atoms with E-state index >= 15 is 0 Å². The van der Waals surface area contributed by atoms with Crippen molar-refractivity contribution in [2.75, 3.05) is 7.05 Å². The third-order valence-corrected chi connectivity index (χ3v) is 5.53. The monoisotopic (exact) mass is 418 g/mol. The molecule has 8 nitrogen and oxygen atoms in total. The van der Waals surface area contributed by atoms with Crippen LogP contribution in [0.15, 0.2) is 59.4 Å². The summed E-state index contributed by atoms with van der Waals surface area (Å²) in [6.07, 6.45) is 0. The Balaban J connectivity index is 1.71. The standard InChI is InChI=1S/C19H19FN4O4S/c1-21-29(27,28)12-14-4-8-16(9-5-14)24-18(25)10-17(23-24)19(26)22-11-13-2-6-15(20)7-3-13/h2-10,21,23H,11-12H2,1H3,(H,22,26). The van der Waals surface area contributed by atoms with E-state index in [0.717, 1.165) is 0 Å². The van der Waals surface area contributed by atoms with Crippen molar-refractivity contribution in [3.63, 3.8) is 0 Å². The van der Waals surface area contributed by atoms with E-state index in [-0.39, 0.29) is 23.8 Å². The first-order chi connectivity index (χ1) is 13.8. The van der Waals surface area contributed by atoms with Crippen LogP contribution in [0.5, 0.6) is 0 Å². The Bertz CT molecular complexity index is 1170. The molecule has 0 aliphatic rings. The molecule has 152 valence electrons. The number of carbonyl (C=O) groups is 1. The Morgan fingerprint density at radius 3 is 2.31 bits per heavy atom. The molecule has 0 saturated carbocycles. The number of rotatable bonds is 7. The zero-order valence-corrected chi connectivity index (χ0v) is 16.3. The fourth-order valence-electron chi connectivity index (χ4n) is 2.62. The third kappa shape index (κ3) is 5.18. The van der Waals surface area contributed by atoms with Gasteiger partial charge in [0.1, 0.15) is 11.5 Å². The summed E-state index contributed by atoms with van der Waals surface area (Å²) in [6.45, 7) is 0.182. The zero-order valence-electron chi connectivity index (χ0n) is 15.5. The molecule has 3 aromatic rings. The average Bonchev–Trinajstić information content (AvgIpc) is 3.09. The molecule has 0 unspecified atom stereocenters. The third-order valence-electron chi connectivity index (χ3n) is 4.19. The summed E-state index contributed by atoms with van der Waals surface area (Å²) in [5.41, 5.74) is 1.36. The fourth-order valence-corrected chi connectivity index (χ4v) is 3.39. The Morgan fingerprint density at radius 2 is 1.69 bits per heavy atom. The molecule has 29 heavy (non-hydrogen) atoms. The predicted octanol–water partition coefficient (Wildman–Crippen LogP) is 1.28. The highest BCUT2D eigenvalue weighted by atomic mass is 32.2. The van der Waals surface area contributed by atoms with Gasteiger partial charge in [-0.05, 0) is 42.4 Å². The number of hydrogen-bond donors (Lipinski definition) is 3. The van der Waals surface area contributed by atoms with E-state index in [1.807, 2.05) is 0 Å². The molecule has 2 aromatic carbocycles. The zero-order chi connectivity index (χ0) is 21.0. The quantitative estimate of drug-likeness (QED) is 0.536. The number of nitrogens with zero attached hydrogens (tertiary/aromatic N) is 1. The van der Waals surface area contributed by atoms with Crippen molar-refractivity contribution in [2.45, 2.75) is 12.3 Å². The second-order valence-corrected chi connectivity index (χ2v) is 8.21. The lowest BCUT2D eigenvalue weighted by atomic mass is 10.2. The number of nitrogens with one attached hydrogen (secondary N) is 3. The second kappa shape index (κ2) is 8.41. The molecule has 0 bridgehead atoms. The van der Waals surface area contributed by atoms with Gasteiger partial charge in [-0.15, -0.1) is 0 Å². The molecule has 0 atom stereocenters. The van der Waals surface area contributed by atoms with E-state index in [0.29, 0.717) is 16.8 Å². The van der Waals surface area contributed by atoms with Crippen LogP contribution in [0, 0.1) is 5.82 Å². The Labute approximate surface area is 166 Å². The molecule has 3 N–H and O–H groups in total. The van der Waals surface area contributed by atoms with Gasteiger partial charge in [-0.3, -0.25) is 14.7 Å². The van der Waals surface area contributed by atoms with Crippen LogP contribution in [0.3, 0.4) is 0 Å². The van der Waals surface area contributed by atoms with Crippen molar-refractivity contribution in [1.82, 2.24) is 19.8 Å². The van der Waals surface area contributed by atoms with E-state index in [1.165, 1.54) is 29.9 Å². The Morgan fingerprint density at radius 1 is 1.07 bits per heavy atom. The van der Waals surface area contributed by atoms with E-state index in [9.17, 15) is 22.4 Å². The summed E-state index contributed by atoms with van der Waals surface area (Å²) in [5, 5.41) is 5.37. The number of halogens is 1. The van der Waals surface area contributed by atoms with Crippen LogP contribution in [-0.4, -0.2) is 31.2 Å². The molecule has 3 rings (SSSR count). The average molecular weight is 418 g/mol. The summed E-state index contributed by atoms with van der Waals surface area (Å²) in [4.78, 5) is 24.5. The molecule has 0 aliphatic heterocycles. The highest BCUT2D eigenvalue weighted by molar-refractivity contribution is 7.88. The van der Waals surface area contributed by atoms with E-state index in [4.69, 9.17) is 0 Å². The van der Waals surface area contributed by atoms with E-state index in [2.05, 4.69) is 15.1 Å². The van der Waals surface area contributed by atoms with Crippen LogP contribution in [0.4, 0.5) is 4.39 Å². The topological polar surface area (TPSA) is 113 Å². The van der Waals surface area contributed by atoms with Gasteiger partial charge >= 0.3 is 0 Å². The van der Waals surface area contributed by atoms with E-state index in [1.54, 1.807) is 36.4 Å². The highest BCUT2D eigenvalue weighted by Crippen LogP contribution is 2.10. The normalized spacial score (nSPS) is 11.4. The van der Waals surface area contributed by atoms with Gasteiger partial charge in [0.05, 0.1) is 11.4 Å². The van der Waals surface area contributed by atoms with E-state index < -0.39 is 21.5 Å². The molecule has 0 radical (unpaired) electrons. The number of sulfonamides is 1. The number of amides is 1. The fraction of sp³-hybridized carbons (Fsp3) is 0.158. The van der Waals surface area contributed by atoms with Gasteiger partial charge < -0.3 is 5.32 Å². The van der Waals surface area contributed by atoms with Gasteiger partial charge in [0.2, 0.25) is 10.0 Å². The number of aromatic amines is 1. The molecule has 0 spiro atoms. The van der Waals surface area contributed by atoms with Crippen LogP contribution in [0.2, 0.25) is 0 Å². The van der Waals surface area contributed by atoms with Gasteiger partial charge in [0.15, 0.2) is 0 Å². The summed E-state index contributed by atoms with van der Waals surface area (Å²) < 4.78 is 39.5. The number of benzene rings is 2. The molecule has 1 amide bonds. The molecular formula is C19H19FN4O4S. The smallest absolute Gasteiger partial charge is 0.271 e. The lowest BCUT2D eigenvalue weighted by molar-refractivity contribution is 0.0945. The van der Waals surface area contributed by atoms with Crippen molar-refractivity contribution < 1.29 is 17.6 Å². The first-order valence-electron chi connectivity index (χ1n) is 8.62. The number of carbonyl (C=O) groups excluding carboxylic acids is 1. The first-order valence-corrected chi connectivity index (χ1v) is 10.3. The number of hydrogen-bond acceptors (Lipinski definition) is 4. The minimum Gasteiger partial charge on any atom is -0.347 e. The molecular weight excluding hydrogens is 399 g/mol. The Hall–Kier alpha value is -3.24. The molecule has 1 aromatic heterocycles. The van der Waals surface area contributed by atoms with Crippen molar-refractivity contribution in [2.24, 2.45) is 0 Å². The minimum absolute atomic E-state index is 0.0685. The van der Waals surface area contributed by atoms with Gasteiger partial charge in [-0.25, -0.2) is 22.2 Å². The predicted molar refractivity (Wildman–Crippen MR) is 106 cm³/mol. The lowest BCUT2D eigenvalue weighted by Gasteiger charge is -2.06. The summed E-state index contributed by atoms with van der Waals surface area (Å²) >= 11 is 0. The maximum absolute atomic E-state index is 12.9. The van der Waals surface area contributed by atoms with Gasteiger partial charge in [-0.2, -0.15) is 0 Å². The van der Waals surface area contributed by atoms with Crippen LogP contribution in [0.25, 0.3) is 5.69 Å². The molecule has 0 saturated heterocycles. The van der Waals surface area contributed by atoms with Crippen molar-refractivity contribution in [3.8, 4) is 5.69 Å². The second-order valence-electron chi connectivity index (χ2n) is 6.28. The SMILES string of the molecule is CNS(=O)(=O)Cc1ccc(-n2[nH]c(C(=O)NCc3ccc(F)cc3)cc2=O)cc1. The van der Waals surface area contributed by atoms with Crippen LogP contribution in [-0.2, 0) is 22.3 Å². The van der Waals surface area contributed by atoms with Crippen molar-refractivity contribution in [1.29, 1.82) is 0 Å².